The quantitative estimate of drug-likeness (QED) is 0.244. The summed E-state index contributed by atoms with van der Waals surface area (Å²) in [6.45, 7) is 0. The average molecular weight is 506 g/mol. The third kappa shape index (κ3) is 3.54. The number of para-hydroxylation sites is 2. The molecule has 0 fully saturated rings. The highest BCUT2D eigenvalue weighted by atomic mass is 15.1. The molecule has 7 rings (SSSR count). The summed E-state index contributed by atoms with van der Waals surface area (Å²) < 4.78 is 2.38. The highest BCUT2D eigenvalue weighted by molar-refractivity contribution is 6.69. The fourth-order valence-electron chi connectivity index (χ4n) is 6.52. The number of nitrogens with zero attached hydrogens (tertiary/aromatic N) is 2. The SMILES string of the molecule is Bc1c(B)c(B)c(-c2c3ccccc3c(-n3c(-c4ccccc4)nc4ccccc43)c3ccccc23)c(B)c1B. The summed E-state index contributed by atoms with van der Waals surface area (Å²) in [5.74, 6) is 0.958. The van der Waals surface area contributed by atoms with Gasteiger partial charge in [-0.05, 0) is 34.0 Å². The van der Waals surface area contributed by atoms with Crippen LogP contribution in [0.15, 0.2) is 103 Å². The van der Waals surface area contributed by atoms with Crippen LogP contribution in [-0.4, -0.2) is 48.8 Å². The zero-order valence-corrected chi connectivity index (χ0v) is 23.7. The van der Waals surface area contributed by atoms with E-state index in [1.54, 1.807) is 0 Å². The van der Waals surface area contributed by atoms with Crippen molar-refractivity contribution in [2.45, 2.75) is 0 Å². The third-order valence-corrected chi connectivity index (χ3v) is 8.97. The van der Waals surface area contributed by atoms with Crippen molar-refractivity contribution in [2.75, 3.05) is 0 Å². The van der Waals surface area contributed by atoms with Crippen LogP contribution in [0, 0.1) is 0 Å². The number of aromatic nitrogens is 2. The van der Waals surface area contributed by atoms with Crippen molar-refractivity contribution in [3.63, 3.8) is 0 Å². The molecule has 0 saturated carbocycles. The second-order valence-corrected chi connectivity index (χ2v) is 10.9. The van der Waals surface area contributed by atoms with Gasteiger partial charge in [0.05, 0.1) is 16.7 Å². The van der Waals surface area contributed by atoms with Gasteiger partial charge in [0.15, 0.2) is 0 Å². The van der Waals surface area contributed by atoms with Gasteiger partial charge in [-0.3, -0.25) is 4.57 Å². The van der Waals surface area contributed by atoms with Gasteiger partial charge in [-0.1, -0.05) is 102 Å². The minimum Gasteiger partial charge on any atom is -0.291 e. The van der Waals surface area contributed by atoms with Crippen LogP contribution in [0.5, 0.6) is 0 Å². The third-order valence-electron chi connectivity index (χ3n) is 8.97. The zero-order valence-electron chi connectivity index (χ0n) is 23.7. The summed E-state index contributed by atoms with van der Waals surface area (Å²) in [7, 11) is 11.4. The minimum atomic E-state index is 0.958. The van der Waals surface area contributed by atoms with Crippen LogP contribution in [0.3, 0.4) is 0 Å². The first-order valence-electron chi connectivity index (χ1n) is 14.0. The molecule has 0 saturated heterocycles. The van der Waals surface area contributed by atoms with E-state index < -0.39 is 0 Å². The molecule has 0 radical (unpaired) electrons. The van der Waals surface area contributed by atoms with Crippen molar-refractivity contribution in [1.29, 1.82) is 0 Å². The van der Waals surface area contributed by atoms with Gasteiger partial charge >= 0.3 is 0 Å². The van der Waals surface area contributed by atoms with E-state index in [1.165, 1.54) is 65.7 Å². The molecule has 6 aromatic carbocycles. The number of fused-ring (bicyclic) bond motifs is 3. The van der Waals surface area contributed by atoms with E-state index in [1.807, 2.05) is 0 Å². The van der Waals surface area contributed by atoms with E-state index >= 15 is 0 Å². The standard InChI is InChI=1S/C33H27B5N2/c34-27-26(28(35)30(37)31(38)29(27)36)25-19-12-4-6-14-21(19)32(22-15-7-5-13-20(22)25)40-24-17-9-8-16-23(24)39-33(40)18-10-2-1-3-11-18/h1-17H,34-38H2. The Kier molecular flexibility index (Phi) is 5.78. The van der Waals surface area contributed by atoms with E-state index in [4.69, 9.17) is 4.98 Å². The number of benzene rings is 6. The second-order valence-electron chi connectivity index (χ2n) is 10.9. The Morgan fingerprint density at radius 2 is 0.925 bits per heavy atom. The van der Waals surface area contributed by atoms with Crippen LogP contribution in [0.2, 0.25) is 0 Å². The number of hydrogen-bond donors (Lipinski definition) is 0. The first-order chi connectivity index (χ1) is 19.5. The summed E-state index contributed by atoms with van der Waals surface area (Å²) in [6.07, 6.45) is 0. The van der Waals surface area contributed by atoms with Gasteiger partial charge in [-0.15, -0.1) is 16.4 Å². The maximum Gasteiger partial charge on any atom is 0.145 e. The predicted octanol–water partition coefficient (Wildman–Crippen LogP) is -0.0421. The molecule has 0 aliphatic heterocycles. The molecular weight excluding hydrogens is 478 g/mol. The number of rotatable bonds is 3. The van der Waals surface area contributed by atoms with Gasteiger partial charge in [0.1, 0.15) is 45.1 Å². The molecule has 7 aromatic rings. The van der Waals surface area contributed by atoms with Crippen molar-refractivity contribution in [2.24, 2.45) is 0 Å². The van der Waals surface area contributed by atoms with E-state index in [9.17, 15) is 0 Å². The lowest BCUT2D eigenvalue weighted by molar-refractivity contribution is 1.13. The fraction of sp³-hybridized carbons (Fsp3) is 0. The van der Waals surface area contributed by atoms with Crippen molar-refractivity contribution in [3.8, 4) is 28.2 Å². The maximum absolute atomic E-state index is 5.18. The molecule has 1 heterocycles. The van der Waals surface area contributed by atoms with Crippen LogP contribution in [0.4, 0.5) is 0 Å². The van der Waals surface area contributed by atoms with E-state index in [0.717, 1.165) is 22.4 Å². The lowest BCUT2D eigenvalue weighted by Gasteiger charge is -2.25. The predicted molar refractivity (Wildman–Crippen MR) is 188 cm³/mol. The van der Waals surface area contributed by atoms with E-state index in [2.05, 4.69) is 147 Å². The molecule has 1 aromatic heterocycles. The van der Waals surface area contributed by atoms with E-state index in [-0.39, 0.29) is 0 Å². The summed E-state index contributed by atoms with van der Waals surface area (Å²) in [5, 5.41) is 4.99. The topological polar surface area (TPSA) is 17.8 Å². The summed E-state index contributed by atoms with van der Waals surface area (Å²) in [5.41, 5.74) is 13.9. The largest absolute Gasteiger partial charge is 0.291 e. The molecule has 2 nitrogen and oxygen atoms in total. The lowest BCUT2D eigenvalue weighted by Crippen LogP contribution is -2.55. The van der Waals surface area contributed by atoms with Crippen molar-refractivity contribution < 1.29 is 0 Å². The molecule has 0 N–H and O–H groups in total. The first kappa shape index (κ1) is 24.7. The highest BCUT2D eigenvalue weighted by Gasteiger charge is 2.23. The van der Waals surface area contributed by atoms with Crippen LogP contribution < -0.4 is 27.3 Å². The fourth-order valence-corrected chi connectivity index (χ4v) is 6.52. The Morgan fingerprint density at radius 3 is 1.52 bits per heavy atom. The Morgan fingerprint density at radius 1 is 0.450 bits per heavy atom. The molecular formula is C33H27B5N2. The smallest absolute Gasteiger partial charge is 0.145 e. The van der Waals surface area contributed by atoms with Crippen molar-refractivity contribution in [1.82, 2.24) is 9.55 Å². The Balaban J connectivity index is 1.71. The maximum atomic E-state index is 5.18. The number of imidazole rings is 1. The van der Waals surface area contributed by atoms with Gasteiger partial charge in [0.2, 0.25) is 0 Å². The molecule has 40 heavy (non-hydrogen) atoms. The van der Waals surface area contributed by atoms with Crippen molar-refractivity contribution in [3.05, 3.63) is 103 Å². The Hall–Kier alpha value is -4.37. The molecule has 7 heteroatoms. The van der Waals surface area contributed by atoms with E-state index in [0.29, 0.717) is 0 Å². The van der Waals surface area contributed by atoms with Gasteiger partial charge < -0.3 is 0 Å². The van der Waals surface area contributed by atoms with Gasteiger partial charge in [0.25, 0.3) is 0 Å². The summed E-state index contributed by atoms with van der Waals surface area (Å²) >= 11 is 0. The molecule has 0 aliphatic rings. The van der Waals surface area contributed by atoms with Gasteiger partial charge in [-0.2, -0.15) is 0 Å². The first-order valence-corrected chi connectivity index (χ1v) is 14.0. The zero-order chi connectivity index (χ0) is 27.5. The minimum absolute atomic E-state index is 0.958. The molecule has 0 aliphatic carbocycles. The monoisotopic (exact) mass is 506 g/mol. The van der Waals surface area contributed by atoms with Gasteiger partial charge in [0, 0.05) is 16.3 Å². The second kappa shape index (κ2) is 9.38. The van der Waals surface area contributed by atoms with Gasteiger partial charge in [-0.25, -0.2) is 4.98 Å². The van der Waals surface area contributed by atoms with Crippen molar-refractivity contribution >= 4 is 99.1 Å². The Labute approximate surface area is 239 Å². The summed E-state index contributed by atoms with van der Waals surface area (Å²) in [4.78, 5) is 5.18. The molecule has 0 spiro atoms. The molecule has 0 atom stereocenters. The molecule has 0 amide bonds. The normalized spacial score (nSPS) is 11.5. The van der Waals surface area contributed by atoms with Crippen LogP contribution >= 0.6 is 0 Å². The average Bonchev–Trinajstić information content (AvgIpc) is 3.38. The lowest BCUT2D eigenvalue weighted by atomic mass is 9.59. The summed E-state index contributed by atoms with van der Waals surface area (Å²) in [6, 6.07) is 36.9. The Bertz CT molecular complexity index is 2030. The number of hydrogen-bond acceptors (Lipinski definition) is 1. The molecule has 184 valence electrons. The highest BCUT2D eigenvalue weighted by Crippen LogP contribution is 2.42. The molecule has 0 bridgehead atoms. The molecule has 0 unspecified atom stereocenters. The van der Waals surface area contributed by atoms with Crippen LogP contribution in [-0.2, 0) is 0 Å². The van der Waals surface area contributed by atoms with Crippen LogP contribution in [0.25, 0.3) is 60.8 Å². The van der Waals surface area contributed by atoms with Crippen LogP contribution in [0.1, 0.15) is 0 Å².